The largest absolute Gasteiger partial charge is 0.463 e. The van der Waals surface area contributed by atoms with Gasteiger partial charge >= 0.3 is 5.97 Å². The second kappa shape index (κ2) is 7.64. The lowest BCUT2D eigenvalue weighted by molar-refractivity contribution is -0.149. The maximum Gasteiger partial charge on any atom is 0.344 e. The number of ether oxygens (including phenoxy) is 2. The smallest absolute Gasteiger partial charge is 0.344 e. The summed E-state index contributed by atoms with van der Waals surface area (Å²) >= 11 is 5.84. The van der Waals surface area contributed by atoms with Gasteiger partial charge in [0.1, 0.15) is 5.76 Å². The molecule has 0 aliphatic carbocycles. The number of hydrogen-bond donors (Lipinski definition) is 1. The molecule has 1 aromatic carbocycles. The summed E-state index contributed by atoms with van der Waals surface area (Å²) in [6.07, 6.45) is 0. The highest BCUT2D eigenvalue weighted by Gasteiger charge is 2.11. The first kappa shape index (κ1) is 16.8. The van der Waals surface area contributed by atoms with Gasteiger partial charge < -0.3 is 19.3 Å². The number of rotatable bonds is 6. The minimum atomic E-state index is -0.686. The van der Waals surface area contributed by atoms with E-state index in [1.54, 1.807) is 32.0 Å². The first-order chi connectivity index (χ1) is 10.9. The lowest BCUT2D eigenvalue weighted by Crippen LogP contribution is -2.24. The van der Waals surface area contributed by atoms with Crippen molar-refractivity contribution in [2.75, 3.05) is 18.5 Å². The van der Waals surface area contributed by atoms with Gasteiger partial charge in [-0.05, 0) is 42.8 Å². The van der Waals surface area contributed by atoms with E-state index >= 15 is 0 Å². The number of esters is 1. The lowest BCUT2D eigenvalue weighted by Gasteiger charge is -2.09. The molecule has 23 heavy (non-hydrogen) atoms. The van der Waals surface area contributed by atoms with Crippen LogP contribution in [0.2, 0.25) is 5.02 Å². The monoisotopic (exact) mass is 338 g/mol. The van der Waals surface area contributed by atoms with Gasteiger partial charge in [0.2, 0.25) is 0 Å². The Hall–Kier alpha value is -2.54. The van der Waals surface area contributed by atoms with Gasteiger partial charge in [-0.1, -0.05) is 11.6 Å². The van der Waals surface area contributed by atoms with Gasteiger partial charge in [-0.3, -0.25) is 4.79 Å². The minimum Gasteiger partial charge on any atom is -0.463 e. The fourth-order valence-corrected chi connectivity index (χ4v) is 1.91. The second-order valence-electron chi connectivity index (χ2n) is 4.73. The molecule has 2 aromatic rings. The molecule has 1 amide bonds. The molecule has 0 atom stereocenters. The Balaban J connectivity index is 1.74. The Morgan fingerprint density at radius 1 is 1.26 bits per heavy atom. The zero-order chi connectivity index (χ0) is 16.8. The molecule has 0 spiro atoms. The molecule has 0 radical (unpaired) electrons. The number of nitrogens with one attached hydrogen (secondary N) is 1. The summed E-state index contributed by atoms with van der Waals surface area (Å²) in [5.41, 5.74) is 1.41. The van der Waals surface area contributed by atoms with E-state index in [1.807, 2.05) is 0 Å². The Morgan fingerprint density at radius 3 is 2.70 bits per heavy atom. The molecule has 1 aromatic heterocycles. The van der Waals surface area contributed by atoms with E-state index < -0.39 is 18.5 Å². The number of aromatic nitrogens is 1. The average molecular weight is 339 g/mol. The van der Waals surface area contributed by atoms with E-state index in [1.165, 1.54) is 6.07 Å². The summed E-state index contributed by atoms with van der Waals surface area (Å²) in [6.45, 7) is 2.73. The summed E-state index contributed by atoms with van der Waals surface area (Å²) in [5.74, 6) is -0.401. The summed E-state index contributed by atoms with van der Waals surface area (Å²) < 4.78 is 14.6. The van der Waals surface area contributed by atoms with Crippen molar-refractivity contribution in [3.05, 3.63) is 40.6 Å². The molecule has 1 heterocycles. The van der Waals surface area contributed by atoms with Crippen LogP contribution < -0.4 is 10.1 Å². The quantitative estimate of drug-likeness (QED) is 0.814. The highest BCUT2D eigenvalue weighted by molar-refractivity contribution is 6.30. The van der Waals surface area contributed by atoms with E-state index in [9.17, 15) is 9.59 Å². The number of benzene rings is 1. The standard InChI is InChI=1S/C15H15ClN2O5/c1-9-5-11(16)3-4-12(9)17-13(19)7-22-15(20)8-21-14-6-10(2)23-18-14/h3-6H,7-8H2,1-2H3,(H,17,19). The van der Waals surface area contributed by atoms with Crippen LogP contribution in [0.25, 0.3) is 0 Å². The average Bonchev–Trinajstić information content (AvgIpc) is 2.91. The summed E-state index contributed by atoms with van der Waals surface area (Å²) in [4.78, 5) is 23.2. The molecule has 0 aliphatic heterocycles. The van der Waals surface area contributed by atoms with E-state index in [2.05, 4.69) is 10.5 Å². The van der Waals surface area contributed by atoms with Gasteiger partial charge in [0.15, 0.2) is 13.2 Å². The van der Waals surface area contributed by atoms with Crippen molar-refractivity contribution in [2.45, 2.75) is 13.8 Å². The van der Waals surface area contributed by atoms with Gasteiger partial charge in [0, 0.05) is 16.8 Å². The highest BCUT2D eigenvalue weighted by atomic mass is 35.5. The van der Waals surface area contributed by atoms with Crippen molar-refractivity contribution in [2.24, 2.45) is 0 Å². The Kier molecular flexibility index (Phi) is 5.59. The van der Waals surface area contributed by atoms with Crippen LogP contribution in [0.15, 0.2) is 28.8 Å². The zero-order valence-corrected chi connectivity index (χ0v) is 13.3. The van der Waals surface area contributed by atoms with Crippen molar-refractivity contribution in [3.63, 3.8) is 0 Å². The molecule has 0 saturated heterocycles. The molecule has 0 aliphatic rings. The first-order valence-electron chi connectivity index (χ1n) is 6.72. The van der Waals surface area contributed by atoms with Crippen molar-refractivity contribution < 1.29 is 23.6 Å². The Labute approximate surface area is 137 Å². The molecule has 0 fully saturated rings. The van der Waals surface area contributed by atoms with Crippen LogP contribution in [0, 0.1) is 13.8 Å². The molecule has 8 heteroatoms. The van der Waals surface area contributed by atoms with E-state index in [0.29, 0.717) is 16.5 Å². The first-order valence-corrected chi connectivity index (χ1v) is 7.09. The van der Waals surface area contributed by atoms with Crippen LogP contribution in [0.5, 0.6) is 5.88 Å². The van der Waals surface area contributed by atoms with Crippen molar-refractivity contribution >= 4 is 29.2 Å². The zero-order valence-electron chi connectivity index (χ0n) is 12.6. The number of hydrogen-bond acceptors (Lipinski definition) is 6. The number of anilines is 1. The maximum absolute atomic E-state index is 11.7. The van der Waals surface area contributed by atoms with Gasteiger partial charge in [-0.2, -0.15) is 0 Å². The van der Waals surface area contributed by atoms with Crippen LogP contribution in [0.1, 0.15) is 11.3 Å². The number of carbonyl (C=O) groups is 2. The molecule has 0 saturated carbocycles. The van der Waals surface area contributed by atoms with Gasteiger partial charge in [-0.25, -0.2) is 4.79 Å². The molecule has 2 rings (SSSR count). The molecule has 0 bridgehead atoms. The normalized spacial score (nSPS) is 10.2. The minimum absolute atomic E-state index is 0.181. The third-order valence-corrected chi connectivity index (χ3v) is 3.01. The summed E-state index contributed by atoms with van der Waals surface area (Å²) in [6, 6.07) is 6.58. The summed E-state index contributed by atoms with van der Waals surface area (Å²) in [7, 11) is 0. The van der Waals surface area contributed by atoms with Crippen LogP contribution in [0.3, 0.4) is 0 Å². The van der Waals surface area contributed by atoms with E-state index in [-0.39, 0.29) is 12.5 Å². The molecule has 7 nitrogen and oxygen atoms in total. The second-order valence-corrected chi connectivity index (χ2v) is 5.17. The van der Waals surface area contributed by atoms with Crippen LogP contribution >= 0.6 is 11.6 Å². The SMILES string of the molecule is Cc1cc(OCC(=O)OCC(=O)Nc2ccc(Cl)cc2C)no1. The van der Waals surface area contributed by atoms with Crippen molar-refractivity contribution in [1.29, 1.82) is 0 Å². The number of carbonyl (C=O) groups excluding carboxylic acids is 2. The summed E-state index contributed by atoms with van der Waals surface area (Å²) in [5, 5.41) is 6.76. The lowest BCUT2D eigenvalue weighted by atomic mass is 10.2. The Bertz CT molecular complexity index is 714. The molecular formula is C15H15ClN2O5. The van der Waals surface area contributed by atoms with Gasteiger partial charge in [-0.15, -0.1) is 0 Å². The third kappa shape index (κ3) is 5.30. The predicted octanol–water partition coefficient (Wildman–Crippen LogP) is 2.51. The van der Waals surface area contributed by atoms with Crippen LogP contribution in [-0.4, -0.2) is 30.2 Å². The maximum atomic E-state index is 11.7. The van der Waals surface area contributed by atoms with Gasteiger partial charge in [0.05, 0.1) is 0 Å². The number of halogens is 1. The molecule has 122 valence electrons. The highest BCUT2D eigenvalue weighted by Crippen LogP contribution is 2.19. The van der Waals surface area contributed by atoms with Crippen LogP contribution in [-0.2, 0) is 14.3 Å². The molecule has 0 unspecified atom stereocenters. The van der Waals surface area contributed by atoms with E-state index in [0.717, 1.165) is 5.56 Å². The molecular weight excluding hydrogens is 324 g/mol. The van der Waals surface area contributed by atoms with Crippen LogP contribution in [0.4, 0.5) is 5.69 Å². The number of amides is 1. The van der Waals surface area contributed by atoms with Gasteiger partial charge in [0.25, 0.3) is 11.8 Å². The third-order valence-electron chi connectivity index (χ3n) is 2.77. The number of nitrogens with zero attached hydrogens (tertiary/aromatic N) is 1. The predicted molar refractivity (Wildman–Crippen MR) is 82.5 cm³/mol. The fourth-order valence-electron chi connectivity index (χ4n) is 1.69. The molecule has 1 N–H and O–H groups in total. The van der Waals surface area contributed by atoms with E-state index in [4.69, 9.17) is 25.6 Å². The van der Waals surface area contributed by atoms with Crippen molar-refractivity contribution in [1.82, 2.24) is 5.16 Å². The number of aryl methyl sites for hydroxylation is 2. The Morgan fingerprint density at radius 2 is 2.04 bits per heavy atom. The topological polar surface area (TPSA) is 90.7 Å². The van der Waals surface area contributed by atoms with Crippen molar-refractivity contribution in [3.8, 4) is 5.88 Å². The fraction of sp³-hybridized carbons (Fsp3) is 0.267.